The number of carbonyl (C=O) groups is 2. The molecule has 0 spiro atoms. The van der Waals surface area contributed by atoms with Gasteiger partial charge in [0.2, 0.25) is 5.91 Å². The highest BCUT2D eigenvalue weighted by Crippen LogP contribution is 2.23. The predicted octanol–water partition coefficient (Wildman–Crippen LogP) is -0.783. The summed E-state index contributed by atoms with van der Waals surface area (Å²) in [5.41, 5.74) is -0.0971. The van der Waals surface area contributed by atoms with Gasteiger partial charge in [0, 0.05) is 38.2 Å². The second-order valence-electron chi connectivity index (χ2n) is 4.84. The van der Waals surface area contributed by atoms with E-state index in [1.165, 1.54) is 12.1 Å². The van der Waals surface area contributed by atoms with Crippen LogP contribution in [0.3, 0.4) is 0 Å². The van der Waals surface area contributed by atoms with Gasteiger partial charge in [0.05, 0.1) is 0 Å². The predicted molar refractivity (Wildman–Crippen MR) is 65.5 cm³/mol. The molecule has 1 aromatic rings. The van der Waals surface area contributed by atoms with Crippen LogP contribution in [0.25, 0.3) is 0 Å². The van der Waals surface area contributed by atoms with Crippen LogP contribution in [-0.4, -0.2) is 57.5 Å². The zero-order chi connectivity index (χ0) is 13.4. The minimum Gasteiger partial charge on any atom is -0.336 e. The Morgan fingerprint density at radius 1 is 1.32 bits per heavy atom. The van der Waals surface area contributed by atoms with Crippen molar-refractivity contribution in [2.24, 2.45) is 0 Å². The van der Waals surface area contributed by atoms with Crippen LogP contribution in [0.4, 0.5) is 0 Å². The van der Waals surface area contributed by atoms with Crippen molar-refractivity contribution < 1.29 is 9.59 Å². The summed E-state index contributed by atoms with van der Waals surface area (Å²) in [5, 5.41) is 6.00. The third-order valence-corrected chi connectivity index (χ3v) is 3.68. The van der Waals surface area contributed by atoms with Crippen LogP contribution < -0.4 is 5.56 Å². The summed E-state index contributed by atoms with van der Waals surface area (Å²) in [4.78, 5) is 38.2. The number of rotatable bonds is 1. The van der Waals surface area contributed by atoms with Crippen LogP contribution in [-0.2, 0) is 4.79 Å². The molecule has 1 unspecified atom stereocenters. The largest absolute Gasteiger partial charge is 0.336 e. The van der Waals surface area contributed by atoms with Crippen molar-refractivity contribution >= 4 is 11.8 Å². The first-order valence-corrected chi connectivity index (χ1v) is 6.29. The minimum atomic E-state index is -0.331. The van der Waals surface area contributed by atoms with Gasteiger partial charge >= 0.3 is 0 Å². The molecule has 3 heterocycles. The average Bonchev–Trinajstić information content (AvgIpc) is 2.80. The Bertz CT molecular complexity index is 562. The molecular formula is C12H14N4O3. The van der Waals surface area contributed by atoms with E-state index in [-0.39, 0.29) is 29.1 Å². The molecule has 2 aliphatic heterocycles. The molecule has 2 amide bonds. The second kappa shape index (κ2) is 4.49. The van der Waals surface area contributed by atoms with E-state index in [1.54, 1.807) is 4.90 Å². The van der Waals surface area contributed by atoms with Gasteiger partial charge in [-0.15, -0.1) is 0 Å². The number of aromatic amines is 1. The first kappa shape index (κ1) is 11.9. The van der Waals surface area contributed by atoms with Gasteiger partial charge in [-0.25, -0.2) is 5.10 Å². The normalized spacial score (nSPS) is 22.5. The van der Waals surface area contributed by atoms with Gasteiger partial charge in [-0.3, -0.25) is 14.4 Å². The number of hydrogen-bond acceptors (Lipinski definition) is 4. The molecule has 1 aromatic heterocycles. The number of piperazine rings is 1. The Morgan fingerprint density at radius 2 is 2.16 bits per heavy atom. The van der Waals surface area contributed by atoms with Crippen molar-refractivity contribution in [2.75, 3.05) is 19.6 Å². The number of fused-ring (bicyclic) bond motifs is 1. The summed E-state index contributed by atoms with van der Waals surface area (Å²) in [6.45, 7) is 1.64. The molecule has 2 fully saturated rings. The molecule has 3 rings (SSSR count). The van der Waals surface area contributed by atoms with E-state index in [4.69, 9.17) is 0 Å². The van der Waals surface area contributed by atoms with Crippen LogP contribution in [0, 0.1) is 0 Å². The molecule has 0 aromatic carbocycles. The lowest BCUT2D eigenvalue weighted by atomic mass is 10.1. The van der Waals surface area contributed by atoms with Crippen LogP contribution >= 0.6 is 0 Å². The smallest absolute Gasteiger partial charge is 0.274 e. The van der Waals surface area contributed by atoms with Gasteiger partial charge in [0.1, 0.15) is 5.69 Å². The highest BCUT2D eigenvalue weighted by Gasteiger charge is 2.37. The standard InChI is InChI=1S/C12H14N4O3/c17-10-3-2-9(13-14-10)12(19)15-5-6-16-8(7-15)1-4-11(16)18/h2-3,8H,1,4-7H2,(H,14,17). The Labute approximate surface area is 109 Å². The molecule has 0 aliphatic carbocycles. The van der Waals surface area contributed by atoms with E-state index in [0.717, 1.165) is 6.42 Å². The van der Waals surface area contributed by atoms with Gasteiger partial charge in [-0.05, 0) is 12.5 Å². The number of H-pyrrole nitrogens is 1. The van der Waals surface area contributed by atoms with Crippen molar-refractivity contribution in [3.05, 3.63) is 28.2 Å². The van der Waals surface area contributed by atoms with Gasteiger partial charge < -0.3 is 9.80 Å². The first-order chi connectivity index (χ1) is 9.15. The maximum Gasteiger partial charge on any atom is 0.274 e. The summed E-state index contributed by atoms with van der Waals surface area (Å²) < 4.78 is 0. The molecule has 2 aliphatic rings. The Morgan fingerprint density at radius 3 is 2.89 bits per heavy atom. The summed E-state index contributed by atoms with van der Waals surface area (Å²) in [5.74, 6) is -0.0190. The Balaban J connectivity index is 1.73. The third-order valence-electron chi connectivity index (χ3n) is 3.68. The number of hydrogen-bond donors (Lipinski definition) is 1. The molecule has 7 nitrogen and oxygen atoms in total. The lowest BCUT2D eigenvalue weighted by Crippen LogP contribution is -2.53. The molecule has 2 saturated heterocycles. The topological polar surface area (TPSA) is 86.4 Å². The molecule has 1 atom stereocenters. The van der Waals surface area contributed by atoms with E-state index in [2.05, 4.69) is 10.2 Å². The van der Waals surface area contributed by atoms with E-state index >= 15 is 0 Å². The average molecular weight is 262 g/mol. The van der Waals surface area contributed by atoms with Crippen molar-refractivity contribution in [1.29, 1.82) is 0 Å². The van der Waals surface area contributed by atoms with Crippen molar-refractivity contribution in [2.45, 2.75) is 18.9 Å². The number of carbonyl (C=O) groups excluding carboxylic acids is 2. The van der Waals surface area contributed by atoms with Crippen molar-refractivity contribution in [3.8, 4) is 0 Å². The van der Waals surface area contributed by atoms with E-state index in [1.807, 2.05) is 4.90 Å². The first-order valence-electron chi connectivity index (χ1n) is 6.29. The van der Waals surface area contributed by atoms with Crippen LogP contribution in [0.5, 0.6) is 0 Å². The van der Waals surface area contributed by atoms with E-state index in [0.29, 0.717) is 26.1 Å². The lowest BCUT2D eigenvalue weighted by molar-refractivity contribution is -0.130. The molecule has 0 bridgehead atoms. The minimum absolute atomic E-state index is 0.132. The monoisotopic (exact) mass is 262 g/mol. The fourth-order valence-corrected chi connectivity index (χ4v) is 2.67. The second-order valence-corrected chi connectivity index (χ2v) is 4.84. The summed E-state index contributed by atoms with van der Waals surface area (Å²) >= 11 is 0. The van der Waals surface area contributed by atoms with Gasteiger partial charge in [0.25, 0.3) is 11.5 Å². The highest BCUT2D eigenvalue weighted by atomic mass is 16.2. The number of nitrogens with one attached hydrogen (secondary N) is 1. The number of amides is 2. The fourth-order valence-electron chi connectivity index (χ4n) is 2.67. The van der Waals surface area contributed by atoms with Crippen LogP contribution in [0.2, 0.25) is 0 Å². The van der Waals surface area contributed by atoms with Gasteiger partial charge in [0.15, 0.2) is 0 Å². The van der Waals surface area contributed by atoms with Crippen LogP contribution in [0.1, 0.15) is 23.3 Å². The third kappa shape index (κ3) is 2.11. The Kier molecular flexibility index (Phi) is 2.81. The summed E-state index contributed by atoms with van der Waals surface area (Å²) in [6, 6.07) is 2.84. The van der Waals surface area contributed by atoms with Crippen molar-refractivity contribution in [1.82, 2.24) is 20.0 Å². The Hall–Kier alpha value is -2.18. The van der Waals surface area contributed by atoms with Gasteiger partial charge in [-0.1, -0.05) is 0 Å². The highest BCUT2D eigenvalue weighted by molar-refractivity contribution is 5.92. The zero-order valence-corrected chi connectivity index (χ0v) is 10.3. The van der Waals surface area contributed by atoms with Crippen LogP contribution in [0.15, 0.2) is 16.9 Å². The molecule has 19 heavy (non-hydrogen) atoms. The molecule has 100 valence electrons. The molecule has 7 heteroatoms. The number of aromatic nitrogens is 2. The molecular weight excluding hydrogens is 248 g/mol. The quantitative estimate of drug-likeness (QED) is 0.719. The summed E-state index contributed by atoms with van der Waals surface area (Å²) in [7, 11) is 0. The summed E-state index contributed by atoms with van der Waals surface area (Å²) in [6.07, 6.45) is 1.38. The number of nitrogens with zero attached hydrogens (tertiary/aromatic N) is 3. The van der Waals surface area contributed by atoms with Gasteiger partial charge in [-0.2, -0.15) is 5.10 Å². The van der Waals surface area contributed by atoms with E-state index < -0.39 is 0 Å². The van der Waals surface area contributed by atoms with Crippen molar-refractivity contribution in [3.63, 3.8) is 0 Å². The molecule has 0 saturated carbocycles. The maximum absolute atomic E-state index is 12.2. The lowest BCUT2D eigenvalue weighted by Gasteiger charge is -2.37. The van der Waals surface area contributed by atoms with E-state index in [9.17, 15) is 14.4 Å². The molecule has 0 radical (unpaired) electrons. The molecule has 1 N–H and O–H groups in total. The fraction of sp³-hybridized carbons (Fsp3) is 0.500. The maximum atomic E-state index is 12.2. The SMILES string of the molecule is O=C(c1ccc(=O)[nH]n1)N1CCN2C(=O)CCC2C1. The zero-order valence-electron chi connectivity index (χ0n) is 10.3.